The molecule has 2 N–H and O–H groups in total. The Labute approximate surface area is 145 Å². The molecule has 1 unspecified atom stereocenters. The van der Waals surface area contributed by atoms with E-state index in [0.717, 1.165) is 12.8 Å². The van der Waals surface area contributed by atoms with Crippen LogP contribution in [0.5, 0.6) is 5.75 Å². The third-order valence-electron chi connectivity index (χ3n) is 5.42. The van der Waals surface area contributed by atoms with Gasteiger partial charge in [-0.2, -0.15) is 0 Å². The fourth-order valence-electron chi connectivity index (χ4n) is 3.96. The Morgan fingerprint density at radius 1 is 1.33 bits per heavy atom. The number of phenols is 1. The molecule has 1 aliphatic carbocycles. The lowest BCUT2D eigenvalue weighted by molar-refractivity contribution is -0.140. The lowest BCUT2D eigenvalue weighted by atomic mass is 9.69. The first-order chi connectivity index (χ1) is 11.3. The van der Waals surface area contributed by atoms with Crippen molar-refractivity contribution in [2.24, 2.45) is 23.7 Å². The topological polar surface area (TPSA) is 60.8 Å². The summed E-state index contributed by atoms with van der Waals surface area (Å²) in [4.78, 5) is 14.6. The van der Waals surface area contributed by atoms with Crippen LogP contribution in [0.15, 0.2) is 24.3 Å². The van der Waals surface area contributed by atoms with Gasteiger partial charge in [-0.1, -0.05) is 39.3 Å². The summed E-state index contributed by atoms with van der Waals surface area (Å²) in [5.74, 6) is 1.82. The van der Waals surface area contributed by atoms with E-state index >= 15 is 0 Å². The van der Waals surface area contributed by atoms with E-state index in [-0.39, 0.29) is 24.1 Å². The third kappa shape index (κ3) is 4.50. The molecule has 134 valence electrons. The van der Waals surface area contributed by atoms with Gasteiger partial charge < -0.3 is 15.1 Å². The maximum Gasteiger partial charge on any atom is 0.225 e. The van der Waals surface area contributed by atoms with Gasteiger partial charge in [0.15, 0.2) is 0 Å². The first kappa shape index (κ1) is 18.8. The average molecular weight is 333 g/mol. The van der Waals surface area contributed by atoms with Crippen LogP contribution in [-0.4, -0.2) is 34.6 Å². The highest BCUT2D eigenvalue weighted by atomic mass is 16.3. The van der Waals surface area contributed by atoms with E-state index in [1.165, 1.54) is 6.42 Å². The van der Waals surface area contributed by atoms with Crippen molar-refractivity contribution in [3.05, 3.63) is 29.8 Å². The normalized spacial score (nSPS) is 25.5. The lowest BCUT2D eigenvalue weighted by Crippen LogP contribution is -2.42. The van der Waals surface area contributed by atoms with Crippen LogP contribution in [0, 0.1) is 23.7 Å². The standard InChI is InChI=1S/C20H31NO3/c1-13(2)17-9-8-14(3)10-18(17)20(24)21(4)12-19(23)15-6-5-7-16(22)11-15/h5-7,11,13-14,17-19,22-23H,8-10,12H2,1-4H3/t14-,17+,18-,19?/m1/s1. The molecule has 0 spiro atoms. The fourth-order valence-corrected chi connectivity index (χ4v) is 3.96. The van der Waals surface area contributed by atoms with Gasteiger partial charge in [-0.3, -0.25) is 4.79 Å². The zero-order valence-electron chi connectivity index (χ0n) is 15.3. The Bertz CT molecular complexity index is 558. The molecule has 2 rings (SSSR count). The maximum atomic E-state index is 13.0. The first-order valence-corrected chi connectivity index (χ1v) is 9.01. The number of carbonyl (C=O) groups excluding carboxylic acids is 1. The van der Waals surface area contributed by atoms with Crippen LogP contribution in [0.25, 0.3) is 0 Å². The smallest absolute Gasteiger partial charge is 0.225 e. The summed E-state index contributed by atoms with van der Waals surface area (Å²) in [6.07, 6.45) is 2.46. The number of hydrogen-bond acceptors (Lipinski definition) is 3. The second-order valence-electron chi connectivity index (χ2n) is 7.76. The van der Waals surface area contributed by atoms with Crippen molar-refractivity contribution >= 4 is 5.91 Å². The number of nitrogens with zero attached hydrogens (tertiary/aromatic N) is 1. The molecule has 4 nitrogen and oxygen atoms in total. The molecule has 4 heteroatoms. The van der Waals surface area contributed by atoms with E-state index in [1.54, 1.807) is 36.2 Å². The molecule has 0 radical (unpaired) electrons. The van der Waals surface area contributed by atoms with Crippen LogP contribution >= 0.6 is 0 Å². The number of aliphatic hydroxyl groups excluding tert-OH is 1. The molecule has 1 saturated carbocycles. The number of amides is 1. The van der Waals surface area contributed by atoms with E-state index in [9.17, 15) is 15.0 Å². The molecule has 0 saturated heterocycles. The Balaban J connectivity index is 2.04. The van der Waals surface area contributed by atoms with Crippen molar-refractivity contribution in [3.63, 3.8) is 0 Å². The highest BCUT2D eigenvalue weighted by Gasteiger charge is 2.37. The van der Waals surface area contributed by atoms with Crippen molar-refractivity contribution in [2.75, 3.05) is 13.6 Å². The van der Waals surface area contributed by atoms with E-state index in [1.807, 2.05) is 0 Å². The van der Waals surface area contributed by atoms with Crippen LogP contribution in [0.1, 0.15) is 51.7 Å². The predicted octanol–water partition coefficient (Wildman–Crippen LogP) is 3.59. The Morgan fingerprint density at radius 2 is 2.04 bits per heavy atom. The van der Waals surface area contributed by atoms with Crippen molar-refractivity contribution in [3.8, 4) is 5.75 Å². The zero-order valence-corrected chi connectivity index (χ0v) is 15.3. The number of phenolic OH excluding ortho intramolecular Hbond substituents is 1. The Hall–Kier alpha value is -1.55. The fraction of sp³-hybridized carbons (Fsp3) is 0.650. The molecule has 1 aliphatic rings. The van der Waals surface area contributed by atoms with Gasteiger partial charge in [-0.15, -0.1) is 0 Å². The van der Waals surface area contributed by atoms with Crippen LogP contribution in [0.4, 0.5) is 0 Å². The predicted molar refractivity (Wildman–Crippen MR) is 95.5 cm³/mol. The number of carbonyl (C=O) groups is 1. The van der Waals surface area contributed by atoms with Crippen LogP contribution in [0.3, 0.4) is 0 Å². The Morgan fingerprint density at radius 3 is 2.67 bits per heavy atom. The summed E-state index contributed by atoms with van der Waals surface area (Å²) in [5.41, 5.74) is 0.632. The number of aliphatic hydroxyl groups is 1. The third-order valence-corrected chi connectivity index (χ3v) is 5.42. The molecule has 1 amide bonds. The van der Waals surface area contributed by atoms with Crippen LogP contribution in [-0.2, 0) is 4.79 Å². The molecule has 1 aromatic rings. The maximum absolute atomic E-state index is 13.0. The SMILES string of the molecule is CC(C)[C@@H]1CC[C@@H](C)C[C@H]1C(=O)N(C)CC(O)c1cccc(O)c1. The lowest BCUT2D eigenvalue weighted by Gasteiger charge is -2.38. The molecular weight excluding hydrogens is 302 g/mol. The van der Waals surface area contributed by atoms with E-state index < -0.39 is 6.10 Å². The van der Waals surface area contributed by atoms with Crippen LogP contribution < -0.4 is 0 Å². The van der Waals surface area contributed by atoms with Gasteiger partial charge in [-0.05, 0) is 48.3 Å². The van der Waals surface area contributed by atoms with Gasteiger partial charge in [0.05, 0.1) is 12.6 Å². The summed E-state index contributed by atoms with van der Waals surface area (Å²) >= 11 is 0. The van der Waals surface area contributed by atoms with E-state index in [4.69, 9.17) is 0 Å². The van der Waals surface area contributed by atoms with Gasteiger partial charge in [0.1, 0.15) is 5.75 Å². The highest BCUT2D eigenvalue weighted by molar-refractivity contribution is 5.79. The van der Waals surface area contributed by atoms with Crippen molar-refractivity contribution in [2.45, 2.75) is 46.1 Å². The number of hydrogen-bond donors (Lipinski definition) is 2. The van der Waals surface area contributed by atoms with Gasteiger partial charge >= 0.3 is 0 Å². The second-order valence-corrected chi connectivity index (χ2v) is 7.76. The highest BCUT2D eigenvalue weighted by Crippen LogP contribution is 2.39. The summed E-state index contributed by atoms with van der Waals surface area (Å²) in [6.45, 7) is 6.86. The largest absolute Gasteiger partial charge is 0.508 e. The summed E-state index contributed by atoms with van der Waals surface area (Å²) in [5, 5.41) is 19.9. The molecule has 1 fully saturated rings. The number of benzene rings is 1. The molecule has 24 heavy (non-hydrogen) atoms. The average Bonchev–Trinajstić information content (AvgIpc) is 2.53. The Kier molecular flexibility index (Phi) is 6.27. The second kappa shape index (κ2) is 8.02. The molecule has 0 bridgehead atoms. The van der Waals surface area contributed by atoms with E-state index in [0.29, 0.717) is 23.3 Å². The van der Waals surface area contributed by atoms with Gasteiger partial charge in [0, 0.05) is 13.0 Å². The van der Waals surface area contributed by atoms with Gasteiger partial charge in [-0.25, -0.2) is 0 Å². The monoisotopic (exact) mass is 333 g/mol. The number of aromatic hydroxyl groups is 1. The molecule has 0 aromatic heterocycles. The number of rotatable bonds is 5. The zero-order chi connectivity index (χ0) is 17.9. The minimum Gasteiger partial charge on any atom is -0.508 e. The number of likely N-dealkylation sites (N-methyl/N-ethyl adjacent to an activating group) is 1. The van der Waals surface area contributed by atoms with Gasteiger partial charge in [0.25, 0.3) is 0 Å². The summed E-state index contributed by atoms with van der Waals surface area (Å²) in [6, 6.07) is 6.58. The minimum atomic E-state index is -0.787. The van der Waals surface area contributed by atoms with E-state index in [2.05, 4.69) is 20.8 Å². The summed E-state index contributed by atoms with van der Waals surface area (Å²) in [7, 11) is 1.77. The van der Waals surface area contributed by atoms with Gasteiger partial charge in [0.2, 0.25) is 5.91 Å². The molecule has 0 aliphatic heterocycles. The molecular formula is C20H31NO3. The van der Waals surface area contributed by atoms with Crippen molar-refractivity contribution < 1.29 is 15.0 Å². The van der Waals surface area contributed by atoms with Crippen molar-refractivity contribution in [1.29, 1.82) is 0 Å². The minimum absolute atomic E-state index is 0.0510. The van der Waals surface area contributed by atoms with Crippen molar-refractivity contribution in [1.82, 2.24) is 4.90 Å². The van der Waals surface area contributed by atoms with Crippen LogP contribution in [0.2, 0.25) is 0 Å². The molecule has 4 atom stereocenters. The molecule has 1 aromatic carbocycles. The molecule has 0 heterocycles. The summed E-state index contributed by atoms with van der Waals surface area (Å²) < 4.78 is 0. The quantitative estimate of drug-likeness (QED) is 0.865. The first-order valence-electron chi connectivity index (χ1n) is 9.01.